The summed E-state index contributed by atoms with van der Waals surface area (Å²) in [5.74, 6) is -0.487. The highest BCUT2D eigenvalue weighted by molar-refractivity contribution is 7.89. The number of amides is 1. The molecular weight excluding hydrogens is 491 g/mol. The zero-order valence-corrected chi connectivity index (χ0v) is 20.5. The van der Waals surface area contributed by atoms with Gasteiger partial charge in [0.2, 0.25) is 15.9 Å². The van der Waals surface area contributed by atoms with Crippen LogP contribution in [0.25, 0.3) is 0 Å². The predicted octanol–water partition coefficient (Wildman–Crippen LogP) is 6.09. The molecule has 0 aliphatic rings. The fourth-order valence-electron chi connectivity index (χ4n) is 3.06. The van der Waals surface area contributed by atoms with Crippen LogP contribution in [-0.4, -0.2) is 25.2 Å². The van der Waals surface area contributed by atoms with Crippen LogP contribution in [0.5, 0.6) is 0 Å². The van der Waals surface area contributed by atoms with Gasteiger partial charge >= 0.3 is 0 Å². The lowest BCUT2D eigenvalue weighted by Crippen LogP contribution is -2.37. The second-order valence-electron chi connectivity index (χ2n) is 7.29. The lowest BCUT2D eigenvalue weighted by molar-refractivity contribution is -0.116. The first-order valence-corrected chi connectivity index (χ1v) is 12.2. The molecule has 0 aromatic heterocycles. The molecule has 0 aliphatic carbocycles. The number of aryl methyl sites for hydroxylation is 2. The molecule has 32 heavy (non-hydrogen) atoms. The SMILES string of the molecule is Cc1ccc(C)c(NC(=O)CN(Cc2c(Cl)cccc2Cl)S(=O)(=O)c2ccc(Cl)cc2)c1. The van der Waals surface area contributed by atoms with E-state index in [1.807, 2.05) is 32.0 Å². The van der Waals surface area contributed by atoms with Crippen LogP contribution in [0.15, 0.2) is 65.6 Å². The van der Waals surface area contributed by atoms with Crippen molar-refractivity contribution in [1.82, 2.24) is 4.31 Å². The summed E-state index contributed by atoms with van der Waals surface area (Å²) in [4.78, 5) is 12.9. The van der Waals surface area contributed by atoms with Gasteiger partial charge in [0.1, 0.15) is 0 Å². The third-order valence-corrected chi connectivity index (χ3v) is 7.60. The fraction of sp³-hybridized carbons (Fsp3) is 0.174. The number of hydrogen-bond acceptors (Lipinski definition) is 3. The Bertz CT molecular complexity index is 1230. The van der Waals surface area contributed by atoms with E-state index in [0.29, 0.717) is 26.3 Å². The molecule has 0 heterocycles. The van der Waals surface area contributed by atoms with Gasteiger partial charge in [-0.05, 0) is 67.4 Å². The zero-order chi connectivity index (χ0) is 23.5. The average molecular weight is 512 g/mol. The standard InChI is InChI=1S/C23H21Cl3N2O3S/c1-15-6-7-16(2)22(12-15)27-23(29)14-28(13-19-20(25)4-3-5-21(19)26)32(30,31)18-10-8-17(24)9-11-18/h3-12H,13-14H2,1-2H3,(H,27,29). The minimum atomic E-state index is -4.06. The molecule has 9 heteroatoms. The van der Waals surface area contributed by atoms with Crippen LogP contribution in [0.4, 0.5) is 5.69 Å². The van der Waals surface area contributed by atoms with Crippen molar-refractivity contribution in [3.8, 4) is 0 Å². The molecule has 3 rings (SSSR count). The summed E-state index contributed by atoms with van der Waals surface area (Å²) in [5, 5.41) is 3.82. The van der Waals surface area contributed by atoms with Gasteiger partial charge < -0.3 is 5.32 Å². The van der Waals surface area contributed by atoms with E-state index in [0.717, 1.165) is 15.4 Å². The number of sulfonamides is 1. The maximum Gasteiger partial charge on any atom is 0.243 e. The number of carbonyl (C=O) groups excluding carboxylic acids is 1. The van der Waals surface area contributed by atoms with Crippen molar-refractivity contribution in [3.05, 3.63) is 92.4 Å². The third-order valence-electron chi connectivity index (χ3n) is 4.83. The molecule has 0 fully saturated rings. The number of benzene rings is 3. The molecule has 1 N–H and O–H groups in total. The van der Waals surface area contributed by atoms with Crippen LogP contribution in [0, 0.1) is 13.8 Å². The number of nitrogens with one attached hydrogen (secondary N) is 1. The van der Waals surface area contributed by atoms with Crippen LogP contribution < -0.4 is 5.32 Å². The van der Waals surface area contributed by atoms with E-state index in [4.69, 9.17) is 34.8 Å². The summed E-state index contributed by atoms with van der Waals surface area (Å²) in [6, 6.07) is 16.3. The Kier molecular flexibility index (Phi) is 7.85. The van der Waals surface area contributed by atoms with Crippen LogP contribution in [0.2, 0.25) is 15.1 Å². The van der Waals surface area contributed by atoms with Crippen molar-refractivity contribution in [2.45, 2.75) is 25.3 Å². The number of halogens is 3. The molecule has 168 valence electrons. The van der Waals surface area contributed by atoms with Crippen molar-refractivity contribution in [2.75, 3.05) is 11.9 Å². The first-order chi connectivity index (χ1) is 15.1. The number of hydrogen-bond donors (Lipinski definition) is 1. The Labute approximate surface area is 203 Å². The Morgan fingerprint density at radius 1 is 0.938 bits per heavy atom. The molecule has 0 bridgehead atoms. The number of rotatable bonds is 7. The Hall–Kier alpha value is -2.09. The van der Waals surface area contributed by atoms with Crippen molar-refractivity contribution < 1.29 is 13.2 Å². The normalized spacial score (nSPS) is 11.6. The van der Waals surface area contributed by atoms with Gasteiger partial charge in [-0.3, -0.25) is 4.79 Å². The zero-order valence-electron chi connectivity index (χ0n) is 17.4. The summed E-state index contributed by atoms with van der Waals surface area (Å²) in [7, 11) is -4.06. The Morgan fingerprint density at radius 2 is 1.56 bits per heavy atom. The summed E-state index contributed by atoms with van der Waals surface area (Å²) in [5.41, 5.74) is 2.87. The second-order valence-corrected chi connectivity index (χ2v) is 10.5. The molecule has 0 saturated carbocycles. The highest BCUT2D eigenvalue weighted by Gasteiger charge is 2.28. The fourth-order valence-corrected chi connectivity index (χ4v) is 5.07. The number of nitrogens with zero attached hydrogens (tertiary/aromatic N) is 1. The molecule has 5 nitrogen and oxygen atoms in total. The van der Waals surface area contributed by atoms with Crippen molar-refractivity contribution in [3.63, 3.8) is 0 Å². The lowest BCUT2D eigenvalue weighted by atomic mass is 10.1. The maximum absolute atomic E-state index is 13.4. The predicted molar refractivity (Wildman–Crippen MR) is 130 cm³/mol. The highest BCUT2D eigenvalue weighted by Crippen LogP contribution is 2.28. The summed E-state index contributed by atoms with van der Waals surface area (Å²) < 4.78 is 27.8. The largest absolute Gasteiger partial charge is 0.325 e. The smallest absolute Gasteiger partial charge is 0.243 e. The van der Waals surface area contributed by atoms with E-state index in [2.05, 4.69) is 5.32 Å². The molecule has 0 radical (unpaired) electrons. The molecule has 3 aromatic rings. The van der Waals surface area contributed by atoms with Crippen molar-refractivity contribution in [2.24, 2.45) is 0 Å². The Morgan fingerprint density at radius 3 is 2.19 bits per heavy atom. The first-order valence-electron chi connectivity index (χ1n) is 9.63. The molecule has 1 amide bonds. The van der Waals surface area contributed by atoms with Gasteiger partial charge in [-0.25, -0.2) is 8.42 Å². The second kappa shape index (κ2) is 10.2. The number of anilines is 1. The van der Waals surface area contributed by atoms with E-state index in [9.17, 15) is 13.2 Å². The van der Waals surface area contributed by atoms with Gasteiger partial charge in [0.05, 0.1) is 11.4 Å². The van der Waals surface area contributed by atoms with E-state index < -0.39 is 22.5 Å². The lowest BCUT2D eigenvalue weighted by Gasteiger charge is -2.23. The highest BCUT2D eigenvalue weighted by atomic mass is 35.5. The van der Waals surface area contributed by atoms with Gasteiger partial charge in [0.25, 0.3) is 0 Å². The number of carbonyl (C=O) groups is 1. The minimum absolute atomic E-state index is 0.00427. The summed E-state index contributed by atoms with van der Waals surface area (Å²) in [6.45, 7) is 3.16. The molecule has 0 unspecified atom stereocenters. The minimum Gasteiger partial charge on any atom is -0.325 e. The van der Waals surface area contributed by atoms with Crippen LogP contribution in [0.3, 0.4) is 0 Å². The topological polar surface area (TPSA) is 66.5 Å². The first kappa shape index (κ1) is 24.6. The molecule has 0 saturated heterocycles. The molecule has 0 atom stereocenters. The van der Waals surface area contributed by atoms with Gasteiger partial charge in [-0.2, -0.15) is 4.31 Å². The maximum atomic E-state index is 13.4. The average Bonchev–Trinajstić information content (AvgIpc) is 2.73. The van der Waals surface area contributed by atoms with Crippen molar-refractivity contribution in [1.29, 1.82) is 0 Å². The van der Waals surface area contributed by atoms with E-state index >= 15 is 0 Å². The Balaban J connectivity index is 1.95. The van der Waals surface area contributed by atoms with Crippen LogP contribution in [-0.2, 0) is 21.4 Å². The molecule has 0 aliphatic heterocycles. The quantitative estimate of drug-likeness (QED) is 0.417. The molecule has 0 spiro atoms. The third kappa shape index (κ3) is 5.82. The summed E-state index contributed by atoms with van der Waals surface area (Å²) in [6.07, 6.45) is 0. The van der Waals surface area contributed by atoms with E-state index in [-0.39, 0.29) is 11.4 Å². The molecule has 3 aromatic carbocycles. The van der Waals surface area contributed by atoms with Crippen LogP contribution >= 0.6 is 34.8 Å². The van der Waals surface area contributed by atoms with E-state index in [1.54, 1.807) is 18.2 Å². The van der Waals surface area contributed by atoms with Crippen molar-refractivity contribution >= 4 is 56.4 Å². The van der Waals surface area contributed by atoms with Gasteiger partial charge in [-0.1, -0.05) is 53.0 Å². The molecular formula is C23H21Cl3N2O3S. The van der Waals surface area contributed by atoms with Crippen LogP contribution in [0.1, 0.15) is 16.7 Å². The van der Waals surface area contributed by atoms with Gasteiger partial charge in [0.15, 0.2) is 0 Å². The van der Waals surface area contributed by atoms with Gasteiger partial charge in [-0.15, -0.1) is 0 Å². The van der Waals surface area contributed by atoms with Gasteiger partial charge in [0, 0.05) is 32.9 Å². The summed E-state index contributed by atoms with van der Waals surface area (Å²) >= 11 is 18.4. The van der Waals surface area contributed by atoms with E-state index in [1.165, 1.54) is 24.3 Å². The monoisotopic (exact) mass is 510 g/mol.